The van der Waals surface area contributed by atoms with Gasteiger partial charge < -0.3 is 9.64 Å². The van der Waals surface area contributed by atoms with Crippen LogP contribution in [0.15, 0.2) is 47.4 Å². The zero-order valence-corrected chi connectivity index (χ0v) is 16.7. The van der Waals surface area contributed by atoms with Crippen molar-refractivity contribution in [3.63, 3.8) is 0 Å². The molecule has 0 aliphatic carbocycles. The third-order valence-electron chi connectivity index (χ3n) is 4.06. The number of ether oxygens (including phenoxy) is 1. The van der Waals surface area contributed by atoms with Crippen molar-refractivity contribution < 1.29 is 31.1 Å². The van der Waals surface area contributed by atoms with Gasteiger partial charge in [0.15, 0.2) is 0 Å². The minimum atomic E-state index is -4.08. The molecule has 0 aromatic heterocycles. The van der Waals surface area contributed by atoms with Crippen molar-refractivity contribution in [1.82, 2.24) is 4.90 Å². The molecule has 2 aromatic carbocycles. The van der Waals surface area contributed by atoms with Crippen molar-refractivity contribution in [2.75, 3.05) is 31.5 Å². The SMILES string of the molecule is COCCN(CC(F)F)C(=O)c1cc(S(=O)(=O)Nc2ccc(F)cc2)ccc1C. The van der Waals surface area contributed by atoms with Gasteiger partial charge in [0.25, 0.3) is 22.4 Å². The fourth-order valence-electron chi connectivity index (χ4n) is 2.54. The first-order chi connectivity index (χ1) is 13.6. The topological polar surface area (TPSA) is 75.7 Å². The van der Waals surface area contributed by atoms with E-state index in [1.807, 2.05) is 0 Å². The Labute approximate surface area is 167 Å². The molecule has 1 N–H and O–H groups in total. The average Bonchev–Trinajstić information content (AvgIpc) is 2.66. The van der Waals surface area contributed by atoms with Gasteiger partial charge >= 0.3 is 0 Å². The molecule has 0 aliphatic heterocycles. The summed E-state index contributed by atoms with van der Waals surface area (Å²) in [6.45, 7) is 0.770. The first kappa shape index (κ1) is 22.7. The summed E-state index contributed by atoms with van der Waals surface area (Å²) in [4.78, 5) is 13.5. The van der Waals surface area contributed by atoms with Crippen LogP contribution < -0.4 is 4.72 Å². The van der Waals surface area contributed by atoms with Gasteiger partial charge in [-0.3, -0.25) is 9.52 Å². The lowest BCUT2D eigenvalue weighted by Gasteiger charge is -2.23. The molecule has 0 unspecified atom stereocenters. The summed E-state index contributed by atoms with van der Waals surface area (Å²) >= 11 is 0. The number of rotatable bonds is 9. The highest BCUT2D eigenvalue weighted by molar-refractivity contribution is 7.92. The quantitative estimate of drug-likeness (QED) is 0.663. The summed E-state index contributed by atoms with van der Waals surface area (Å²) in [6, 6.07) is 8.55. The van der Waals surface area contributed by atoms with Gasteiger partial charge in [-0.05, 0) is 48.9 Å². The minimum Gasteiger partial charge on any atom is -0.383 e. The number of benzene rings is 2. The second kappa shape index (κ2) is 9.75. The van der Waals surface area contributed by atoms with E-state index in [-0.39, 0.29) is 29.3 Å². The third kappa shape index (κ3) is 6.20. The number of carbonyl (C=O) groups excluding carboxylic acids is 1. The summed E-state index contributed by atoms with van der Waals surface area (Å²) in [7, 11) is -2.70. The summed E-state index contributed by atoms with van der Waals surface area (Å²) in [5.41, 5.74) is 0.565. The Kier molecular flexibility index (Phi) is 7.63. The van der Waals surface area contributed by atoms with E-state index in [9.17, 15) is 26.4 Å². The van der Waals surface area contributed by atoms with E-state index in [2.05, 4.69) is 4.72 Å². The van der Waals surface area contributed by atoms with Crippen LogP contribution in [0.1, 0.15) is 15.9 Å². The van der Waals surface area contributed by atoms with E-state index in [1.54, 1.807) is 6.92 Å². The molecule has 1 amide bonds. The van der Waals surface area contributed by atoms with Crippen molar-refractivity contribution >= 4 is 21.6 Å². The first-order valence-electron chi connectivity index (χ1n) is 8.59. The number of nitrogens with one attached hydrogen (secondary N) is 1. The fraction of sp³-hybridized carbons (Fsp3) is 0.316. The van der Waals surface area contributed by atoms with E-state index >= 15 is 0 Å². The highest BCUT2D eigenvalue weighted by atomic mass is 32.2. The van der Waals surface area contributed by atoms with Crippen LogP contribution in [0.2, 0.25) is 0 Å². The molecular weight excluding hydrogens is 409 g/mol. The molecule has 0 atom stereocenters. The molecule has 2 rings (SSSR count). The van der Waals surface area contributed by atoms with Crippen molar-refractivity contribution in [2.45, 2.75) is 18.2 Å². The zero-order chi connectivity index (χ0) is 21.6. The van der Waals surface area contributed by atoms with Gasteiger partial charge in [-0.2, -0.15) is 0 Å². The van der Waals surface area contributed by atoms with Crippen molar-refractivity contribution in [3.8, 4) is 0 Å². The molecule has 0 fully saturated rings. The average molecular weight is 430 g/mol. The zero-order valence-electron chi connectivity index (χ0n) is 15.9. The molecule has 0 radical (unpaired) electrons. The molecule has 6 nitrogen and oxygen atoms in total. The number of alkyl halides is 2. The number of hydrogen-bond donors (Lipinski definition) is 1. The number of methoxy groups -OCH3 is 1. The standard InChI is InChI=1S/C19H21F3N2O4S/c1-13-3-8-16(29(26,27)23-15-6-4-14(20)5-7-15)11-17(13)19(25)24(9-10-28-2)12-18(21)22/h3-8,11,18,23H,9-10,12H2,1-2H3. The Morgan fingerprint density at radius 3 is 2.41 bits per heavy atom. The molecule has 0 spiro atoms. The summed E-state index contributed by atoms with van der Waals surface area (Å²) in [5, 5.41) is 0. The van der Waals surface area contributed by atoms with Crippen molar-refractivity contribution in [2.24, 2.45) is 0 Å². The van der Waals surface area contributed by atoms with Gasteiger partial charge in [0.05, 0.1) is 18.0 Å². The molecule has 29 heavy (non-hydrogen) atoms. The molecule has 0 aliphatic rings. The molecule has 158 valence electrons. The lowest BCUT2D eigenvalue weighted by Crippen LogP contribution is -2.38. The molecule has 0 saturated carbocycles. The van der Waals surface area contributed by atoms with Gasteiger partial charge in [-0.1, -0.05) is 6.07 Å². The Bertz CT molecular complexity index is 950. The number of aryl methyl sites for hydroxylation is 1. The summed E-state index contributed by atoms with van der Waals surface area (Å²) < 4.78 is 71.1. The monoisotopic (exact) mass is 430 g/mol. The van der Waals surface area contributed by atoms with Gasteiger partial charge in [-0.15, -0.1) is 0 Å². The molecule has 0 saturated heterocycles. The lowest BCUT2D eigenvalue weighted by atomic mass is 10.1. The molecular formula is C19H21F3N2O4S. The summed E-state index contributed by atoms with van der Waals surface area (Å²) in [5.74, 6) is -1.25. The van der Waals surface area contributed by atoms with Gasteiger partial charge in [0.2, 0.25) is 0 Å². The van der Waals surface area contributed by atoms with Crippen molar-refractivity contribution in [3.05, 3.63) is 59.4 Å². The number of hydrogen-bond acceptors (Lipinski definition) is 4. The van der Waals surface area contributed by atoms with Gasteiger partial charge in [0.1, 0.15) is 5.82 Å². The van der Waals surface area contributed by atoms with Gasteiger partial charge in [-0.25, -0.2) is 21.6 Å². The van der Waals surface area contributed by atoms with Crippen LogP contribution in [0.4, 0.5) is 18.9 Å². The second-order valence-electron chi connectivity index (χ2n) is 6.22. The highest BCUT2D eigenvalue weighted by Gasteiger charge is 2.23. The molecule has 2 aromatic rings. The minimum absolute atomic E-state index is 0.0104. The Balaban J connectivity index is 2.33. The van der Waals surface area contributed by atoms with Crippen LogP contribution in [-0.4, -0.2) is 52.5 Å². The predicted octanol–water partition coefficient (Wildman–Crippen LogP) is 3.29. The highest BCUT2D eigenvalue weighted by Crippen LogP contribution is 2.21. The number of anilines is 1. The van der Waals surface area contributed by atoms with E-state index in [1.165, 1.54) is 31.4 Å². The molecule has 0 bridgehead atoms. The van der Waals surface area contributed by atoms with Gasteiger partial charge in [0, 0.05) is 24.9 Å². The van der Waals surface area contributed by atoms with E-state index < -0.39 is 34.7 Å². The molecule has 0 heterocycles. The maximum atomic E-state index is 13.0. The van der Waals surface area contributed by atoms with E-state index in [0.717, 1.165) is 23.1 Å². The normalized spacial score (nSPS) is 11.5. The maximum Gasteiger partial charge on any atom is 0.261 e. The van der Waals surface area contributed by atoms with Crippen LogP contribution in [-0.2, 0) is 14.8 Å². The second-order valence-corrected chi connectivity index (χ2v) is 7.91. The molecule has 10 heteroatoms. The van der Waals surface area contributed by atoms with E-state index in [4.69, 9.17) is 4.74 Å². The maximum absolute atomic E-state index is 13.0. The first-order valence-corrected chi connectivity index (χ1v) is 10.1. The number of amides is 1. The number of halogens is 3. The van der Waals surface area contributed by atoms with Crippen LogP contribution in [0.3, 0.4) is 0 Å². The van der Waals surface area contributed by atoms with Crippen LogP contribution in [0, 0.1) is 12.7 Å². The Hall–Kier alpha value is -2.59. The number of sulfonamides is 1. The largest absolute Gasteiger partial charge is 0.383 e. The Morgan fingerprint density at radius 1 is 1.17 bits per heavy atom. The summed E-state index contributed by atoms with van der Waals surface area (Å²) in [6.07, 6.45) is -2.75. The third-order valence-corrected chi connectivity index (χ3v) is 5.44. The number of nitrogens with zero attached hydrogens (tertiary/aromatic N) is 1. The van der Waals surface area contributed by atoms with Crippen LogP contribution in [0.25, 0.3) is 0 Å². The predicted molar refractivity (Wildman–Crippen MR) is 102 cm³/mol. The number of carbonyl (C=O) groups is 1. The van der Waals surface area contributed by atoms with E-state index in [0.29, 0.717) is 5.56 Å². The smallest absolute Gasteiger partial charge is 0.261 e. The van der Waals surface area contributed by atoms with Crippen LogP contribution in [0.5, 0.6) is 0 Å². The Morgan fingerprint density at radius 2 is 1.83 bits per heavy atom. The fourth-order valence-corrected chi connectivity index (χ4v) is 3.63. The lowest BCUT2D eigenvalue weighted by molar-refractivity contribution is 0.0477. The van der Waals surface area contributed by atoms with Crippen LogP contribution >= 0.6 is 0 Å². The van der Waals surface area contributed by atoms with Crippen molar-refractivity contribution in [1.29, 1.82) is 0 Å².